The second kappa shape index (κ2) is 4.33. The molecule has 0 bridgehead atoms. The Bertz CT molecular complexity index is 496. The lowest BCUT2D eigenvalue weighted by molar-refractivity contribution is 0.322. The maximum absolute atomic E-state index is 5.37. The molecule has 17 heavy (non-hydrogen) atoms. The van der Waals surface area contributed by atoms with Crippen LogP contribution in [0.15, 0.2) is 22.9 Å². The minimum Gasteiger partial charge on any atom is -0.348 e. The quantitative estimate of drug-likeness (QED) is 0.853. The minimum absolute atomic E-state index is 0.366. The number of piperidine rings is 1. The Balaban J connectivity index is 1.85. The number of nitrogens with one attached hydrogen (secondary N) is 1. The summed E-state index contributed by atoms with van der Waals surface area (Å²) < 4.78 is 7.36. The van der Waals surface area contributed by atoms with Crippen LogP contribution in [0.2, 0.25) is 0 Å². The van der Waals surface area contributed by atoms with Crippen LogP contribution >= 0.6 is 0 Å². The number of hydrogen-bond acceptors (Lipinski definition) is 4. The third kappa shape index (κ3) is 1.98. The van der Waals surface area contributed by atoms with Gasteiger partial charge in [0.1, 0.15) is 0 Å². The van der Waals surface area contributed by atoms with Gasteiger partial charge in [-0.1, -0.05) is 5.16 Å². The first kappa shape index (κ1) is 10.5. The van der Waals surface area contributed by atoms with E-state index in [1.165, 1.54) is 6.42 Å². The molecule has 1 fully saturated rings. The Morgan fingerprint density at radius 3 is 3.18 bits per heavy atom. The molecule has 1 N–H and O–H groups in total. The standard InChI is InChI=1S/C12H16N4O/c1-16-7-3-5-10(16)11-14-12(17-15-11)9-4-2-6-13-8-9/h3,5,7,9,13H,2,4,6,8H2,1H3/t9-/m1/s1. The van der Waals surface area contributed by atoms with E-state index in [1.54, 1.807) is 0 Å². The summed E-state index contributed by atoms with van der Waals surface area (Å²) in [7, 11) is 1.98. The molecule has 0 spiro atoms. The summed E-state index contributed by atoms with van der Waals surface area (Å²) in [6.45, 7) is 2.03. The van der Waals surface area contributed by atoms with Gasteiger partial charge in [-0.05, 0) is 31.5 Å². The van der Waals surface area contributed by atoms with E-state index >= 15 is 0 Å². The summed E-state index contributed by atoms with van der Waals surface area (Å²) in [6, 6.07) is 3.97. The van der Waals surface area contributed by atoms with E-state index in [0.29, 0.717) is 11.7 Å². The summed E-state index contributed by atoms with van der Waals surface area (Å²) in [5.41, 5.74) is 0.990. The Morgan fingerprint density at radius 1 is 1.53 bits per heavy atom. The lowest BCUT2D eigenvalue weighted by Gasteiger charge is -2.18. The van der Waals surface area contributed by atoms with Gasteiger partial charge in [0.15, 0.2) is 0 Å². The molecule has 0 radical (unpaired) electrons. The zero-order valence-corrected chi connectivity index (χ0v) is 9.89. The fourth-order valence-corrected chi connectivity index (χ4v) is 2.26. The number of rotatable bonds is 2. The highest BCUT2D eigenvalue weighted by Gasteiger charge is 2.22. The molecule has 1 aliphatic heterocycles. The van der Waals surface area contributed by atoms with Gasteiger partial charge in [0.2, 0.25) is 11.7 Å². The van der Waals surface area contributed by atoms with Crippen molar-refractivity contribution in [3.05, 3.63) is 24.2 Å². The van der Waals surface area contributed by atoms with Crippen LogP contribution in [0.3, 0.4) is 0 Å². The smallest absolute Gasteiger partial charge is 0.231 e. The third-order valence-electron chi connectivity index (χ3n) is 3.26. The molecule has 3 rings (SSSR count). The summed E-state index contributed by atoms with van der Waals surface area (Å²) in [5.74, 6) is 1.80. The van der Waals surface area contributed by atoms with Crippen molar-refractivity contribution in [1.29, 1.82) is 0 Å². The van der Waals surface area contributed by atoms with Gasteiger partial charge in [-0.3, -0.25) is 0 Å². The SMILES string of the molecule is Cn1cccc1-c1noc([C@@H]2CCCNC2)n1. The molecule has 3 heterocycles. The maximum Gasteiger partial charge on any atom is 0.231 e. The number of aryl methyl sites for hydroxylation is 1. The Hall–Kier alpha value is -1.62. The summed E-state index contributed by atoms with van der Waals surface area (Å²) in [4.78, 5) is 4.50. The van der Waals surface area contributed by atoms with Gasteiger partial charge >= 0.3 is 0 Å². The average Bonchev–Trinajstić information content (AvgIpc) is 2.98. The molecule has 0 aromatic carbocycles. The molecule has 0 aliphatic carbocycles. The molecule has 5 nitrogen and oxygen atoms in total. The van der Waals surface area contributed by atoms with Gasteiger partial charge < -0.3 is 14.4 Å². The number of nitrogens with zero attached hydrogens (tertiary/aromatic N) is 3. The highest BCUT2D eigenvalue weighted by atomic mass is 16.5. The predicted octanol–water partition coefficient (Wildman–Crippen LogP) is 1.54. The molecule has 2 aromatic heterocycles. The lowest BCUT2D eigenvalue weighted by Crippen LogP contribution is -2.28. The van der Waals surface area contributed by atoms with Crippen molar-refractivity contribution in [3.8, 4) is 11.5 Å². The van der Waals surface area contributed by atoms with Crippen LogP contribution in [0.5, 0.6) is 0 Å². The van der Waals surface area contributed by atoms with E-state index in [1.807, 2.05) is 29.9 Å². The topological polar surface area (TPSA) is 55.9 Å². The maximum atomic E-state index is 5.37. The van der Waals surface area contributed by atoms with Gasteiger partial charge in [-0.2, -0.15) is 4.98 Å². The van der Waals surface area contributed by atoms with Gasteiger partial charge in [-0.15, -0.1) is 0 Å². The largest absolute Gasteiger partial charge is 0.348 e. The Morgan fingerprint density at radius 2 is 2.47 bits per heavy atom. The molecular weight excluding hydrogens is 216 g/mol. The first-order valence-corrected chi connectivity index (χ1v) is 6.00. The predicted molar refractivity (Wildman–Crippen MR) is 63.5 cm³/mol. The molecule has 1 saturated heterocycles. The monoisotopic (exact) mass is 232 g/mol. The van der Waals surface area contributed by atoms with Gasteiger partial charge in [-0.25, -0.2) is 0 Å². The van der Waals surface area contributed by atoms with Crippen LogP contribution in [0.4, 0.5) is 0 Å². The van der Waals surface area contributed by atoms with Gasteiger partial charge in [0.25, 0.3) is 0 Å². The Kier molecular flexibility index (Phi) is 2.68. The zero-order valence-electron chi connectivity index (χ0n) is 9.89. The second-order valence-corrected chi connectivity index (χ2v) is 4.50. The molecule has 1 atom stereocenters. The first-order chi connectivity index (χ1) is 8.34. The van der Waals surface area contributed by atoms with Gasteiger partial charge in [0.05, 0.1) is 11.6 Å². The van der Waals surface area contributed by atoms with E-state index in [9.17, 15) is 0 Å². The fourth-order valence-electron chi connectivity index (χ4n) is 2.26. The molecule has 0 unspecified atom stereocenters. The van der Waals surface area contributed by atoms with Crippen molar-refractivity contribution in [2.24, 2.45) is 7.05 Å². The third-order valence-corrected chi connectivity index (χ3v) is 3.26. The van der Waals surface area contributed by atoms with Crippen LogP contribution in [-0.4, -0.2) is 27.8 Å². The van der Waals surface area contributed by atoms with Crippen molar-refractivity contribution < 1.29 is 4.52 Å². The molecule has 0 amide bonds. The highest BCUT2D eigenvalue weighted by molar-refractivity contribution is 5.49. The number of aromatic nitrogens is 3. The number of hydrogen-bond donors (Lipinski definition) is 1. The van der Waals surface area contributed by atoms with Crippen molar-refractivity contribution in [2.75, 3.05) is 13.1 Å². The lowest BCUT2D eigenvalue weighted by atomic mass is 10.00. The first-order valence-electron chi connectivity index (χ1n) is 6.00. The summed E-state index contributed by atoms with van der Waals surface area (Å²) in [5, 5.41) is 7.42. The van der Waals surface area contributed by atoms with Crippen LogP contribution < -0.4 is 5.32 Å². The normalized spacial score (nSPS) is 20.6. The second-order valence-electron chi connectivity index (χ2n) is 4.50. The van der Waals surface area contributed by atoms with E-state index in [-0.39, 0.29) is 0 Å². The highest BCUT2D eigenvalue weighted by Crippen LogP contribution is 2.24. The van der Waals surface area contributed by atoms with Crippen molar-refractivity contribution in [2.45, 2.75) is 18.8 Å². The van der Waals surface area contributed by atoms with Crippen molar-refractivity contribution in [1.82, 2.24) is 20.0 Å². The van der Waals surface area contributed by atoms with Crippen molar-refractivity contribution >= 4 is 0 Å². The molecule has 0 saturated carbocycles. The molecule has 90 valence electrons. The molecule has 5 heteroatoms. The molecule has 1 aliphatic rings. The van der Waals surface area contributed by atoms with E-state index < -0.39 is 0 Å². The van der Waals surface area contributed by atoms with Gasteiger partial charge in [0, 0.05) is 19.8 Å². The zero-order chi connectivity index (χ0) is 11.7. The van der Waals surface area contributed by atoms with E-state index in [4.69, 9.17) is 4.52 Å². The molecule has 2 aromatic rings. The van der Waals surface area contributed by atoms with Crippen LogP contribution in [0.25, 0.3) is 11.5 Å². The Labute approximate surface area is 99.8 Å². The van der Waals surface area contributed by atoms with Crippen LogP contribution in [0, 0.1) is 0 Å². The van der Waals surface area contributed by atoms with E-state index in [2.05, 4.69) is 15.5 Å². The van der Waals surface area contributed by atoms with E-state index in [0.717, 1.165) is 31.1 Å². The van der Waals surface area contributed by atoms with Crippen LogP contribution in [-0.2, 0) is 7.05 Å². The fraction of sp³-hybridized carbons (Fsp3) is 0.500. The summed E-state index contributed by atoms with van der Waals surface area (Å²) in [6.07, 6.45) is 4.28. The van der Waals surface area contributed by atoms with Crippen LogP contribution in [0.1, 0.15) is 24.7 Å². The van der Waals surface area contributed by atoms with Crippen molar-refractivity contribution in [3.63, 3.8) is 0 Å². The molecular formula is C12H16N4O. The minimum atomic E-state index is 0.366. The summed E-state index contributed by atoms with van der Waals surface area (Å²) >= 11 is 0. The average molecular weight is 232 g/mol.